The smallest absolute Gasteiger partial charge is 0.256 e. The molecule has 27 heavy (non-hydrogen) atoms. The normalized spacial score (nSPS) is 15.4. The summed E-state index contributed by atoms with van der Waals surface area (Å²) < 4.78 is 5.10. The van der Waals surface area contributed by atoms with Crippen LogP contribution >= 0.6 is 11.6 Å². The highest BCUT2D eigenvalue weighted by molar-refractivity contribution is 6.30. The molecule has 3 rings (SSSR count). The molecule has 1 atom stereocenters. The molecule has 1 aliphatic heterocycles. The Balaban J connectivity index is 1.58. The van der Waals surface area contributed by atoms with Crippen LogP contribution in [0, 0.1) is 0 Å². The first-order valence-corrected chi connectivity index (χ1v) is 9.03. The van der Waals surface area contributed by atoms with E-state index in [0.29, 0.717) is 48.1 Å². The van der Waals surface area contributed by atoms with Crippen LogP contribution in [0.1, 0.15) is 22.0 Å². The summed E-state index contributed by atoms with van der Waals surface area (Å²) in [5, 5.41) is 10.9. The molecule has 1 fully saturated rings. The van der Waals surface area contributed by atoms with Gasteiger partial charge in [-0.3, -0.25) is 9.59 Å². The van der Waals surface area contributed by atoms with Crippen molar-refractivity contribution in [2.24, 2.45) is 0 Å². The van der Waals surface area contributed by atoms with E-state index in [9.17, 15) is 14.7 Å². The highest BCUT2D eigenvalue weighted by Crippen LogP contribution is 2.20. The number of amides is 2. The van der Waals surface area contributed by atoms with Gasteiger partial charge in [-0.05, 0) is 42.0 Å². The molecule has 7 heteroatoms. The first kappa shape index (κ1) is 19.2. The summed E-state index contributed by atoms with van der Waals surface area (Å²) in [7, 11) is 1.57. The van der Waals surface area contributed by atoms with Gasteiger partial charge in [0.25, 0.3) is 11.8 Å². The van der Waals surface area contributed by atoms with Gasteiger partial charge in [-0.2, -0.15) is 0 Å². The number of carbonyl (C=O) groups excluding carboxylic acids is 2. The second-order valence-corrected chi connectivity index (χ2v) is 6.74. The van der Waals surface area contributed by atoms with Gasteiger partial charge in [-0.25, -0.2) is 0 Å². The van der Waals surface area contributed by atoms with Crippen molar-refractivity contribution in [3.05, 3.63) is 64.7 Å². The molecular weight excluding hydrogens is 368 g/mol. The molecule has 1 heterocycles. The Labute approximate surface area is 162 Å². The number of nitrogens with zero attached hydrogens (tertiary/aromatic N) is 2. The molecule has 1 aliphatic rings. The van der Waals surface area contributed by atoms with Gasteiger partial charge in [-0.15, -0.1) is 0 Å². The van der Waals surface area contributed by atoms with E-state index in [0.717, 1.165) is 0 Å². The number of aliphatic hydroxyl groups is 1. The van der Waals surface area contributed by atoms with E-state index < -0.39 is 6.10 Å². The highest BCUT2D eigenvalue weighted by atomic mass is 35.5. The second-order valence-electron chi connectivity index (χ2n) is 6.30. The fourth-order valence-electron chi connectivity index (χ4n) is 3.01. The van der Waals surface area contributed by atoms with Gasteiger partial charge in [0.1, 0.15) is 5.75 Å². The molecule has 0 aromatic heterocycles. The summed E-state index contributed by atoms with van der Waals surface area (Å²) in [6.45, 7) is 1.60. The number of benzene rings is 2. The second kappa shape index (κ2) is 8.41. The zero-order chi connectivity index (χ0) is 19.4. The van der Waals surface area contributed by atoms with Crippen LogP contribution in [-0.4, -0.2) is 60.0 Å². The third-order valence-electron chi connectivity index (χ3n) is 4.64. The van der Waals surface area contributed by atoms with Crippen LogP contribution in [-0.2, 0) is 4.79 Å². The third kappa shape index (κ3) is 4.40. The zero-order valence-corrected chi connectivity index (χ0v) is 15.7. The molecule has 6 nitrogen and oxygen atoms in total. The topological polar surface area (TPSA) is 70.1 Å². The average Bonchev–Trinajstić information content (AvgIpc) is 2.73. The summed E-state index contributed by atoms with van der Waals surface area (Å²) in [6.07, 6.45) is -1.23. The molecule has 0 aliphatic carbocycles. The summed E-state index contributed by atoms with van der Waals surface area (Å²) in [5.74, 6) is 0.245. The largest absolute Gasteiger partial charge is 0.497 e. The maximum absolute atomic E-state index is 12.6. The Morgan fingerprint density at radius 3 is 2.07 bits per heavy atom. The third-order valence-corrected chi connectivity index (χ3v) is 4.89. The Morgan fingerprint density at radius 1 is 0.963 bits per heavy atom. The van der Waals surface area contributed by atoms with Crippen LogP contribution in [0.2, 0.25) is 5.02 Å². The lowest BCUT2D eigenvalue weighted by Crippen LogP contribution is -2.51. The standard InChI is InChI=1S/C20H21ClN2O4/c1-27-17-8-4-15(5-9-17)19(25)22-10-12-23(13-11-22)20(26)18(24)14-2-6-16(21)7-3-14/h2-9,18,24H,10-13H2,1H3/t18-/m0/s1. The summed E-state index contributed by atoms with van der Waals surface area (Å²) in [6, 6.07) is 13.5. The molecule has 0 unspecified atom stereocenters. The van der Waals surface area contributed by atoms with Gasteiger partial charge in [-0.1, -0.05) is 23.7 Å². The van der Waals surface area contributed by atoms with Gasteiger partial charge in [0.15, 0.2) is 6.10 Å². The summed E-state index contributed by atoms with van der Waals surface area (Å²) in [5.41, 5.74) is 1.08. The molecule has 1 saturated heterocycles. The quantitative estimate of drug-likeness (QED) is 0.873. The summed E-state index contributed by atoms with van der Waals surface area (Å²) in [4.78, 5) is 28.4. The first-order valence-electron chi connectivity index (χ1n) is 8.65. The monoisotopic (exact) mass is 388 g/mol. The number of aliphatic hydroxyl groups excluding tert-OH is 1. The predicted octanol–water partition coefficient (Wildman–Crippen LogP) is 2.37. The van der Waals surface area contributed by atoms with Crippen molar-refractivity contribution in [3.8, 4) is 5.75 Å². The van der Waals surface area contributed by atoms with E-state index in [4.69, 9.17) is 16.3 Å². The van der Waals surface area contributed by atoms with Crippen LogP contribution in [0.25, 0.3) is 0 Å². The number of carbonyl (C=O) groups is 2. The number of rotatable bonds is 4. The van der Waals surface area contributed by atoms with E-state index in [-0.39, 0.29) is 11.8 Å². The van der Waals surface area contributed by atoms with Gasteiger partial charge in [0.2, 0.25) is 0 Å². The molecule has 0 radical (unpaired) electrons. The Morgan fingerprint density at radius 2 is 1.52 bits per heavy atom. The first-order chi connectivity index (χ1) is 13.0. The molecule has 0 saturated carbocycles. The number of methoxy groups -OCH3 is 1. The fraction of sp³-hybridized carbons (Fsp3) is 0.300. The fourth-order valence-corrected chi connectivity index (χ4v) is 3.13. The zero-order valence-electron chi connectivity index (χ0n) is 15.0. The number of halogens is 1. The number of hydrogen-bond donors (Lipinski definition) is 1. The van der Waals surface area contributed by atoms with Crippen molar-refractivity contribution in [1.29, 1.82) is 0 Å². The van der Waals surface area contributed by atoms with Gasteiger partial charge >= 0.3 is 0 Å². The van der Waals surface area contributed by atoms with Crippen molar-refractivity contribution in [2.75, 3.05) is 33.3 Å². The molecule has 1 N–H and O–H groups in total. The SMILES string of the molecule is COc1ccc(C(=O)N2CCN(C(=O)[C@@H](O)c3ccc(Cl)cc3)CC2)cc1. The van der Waals surface area contributed by atoms with Crippen LogP contribution in [0.15, 0.2) is 48.5 Å². The Kier molecular flexibility index (Phi) is 5.98. The molecular formula is C20H21ClN2O4. The van der Waals surface area contributed by atoms with Crippen molar-refractivity contribution in [2.45, 2.75) is 6.10 Å². The number of ether oxygens (including phenoxy) is 1. The maximum atomic E-state index is 12.6. The van der Waals surface area contributed by atoms with Crippen molar-refractivity contribution in [3.63, 3.8) is 0 Å². The highest BCUT2D eigenvalue weighted by Gasteiger charge is 2.29. The minimum atomic E-state index is -1.23. The van der Waals surface area contributed by atoms with E-state index >= 15 is 0 Å². The van der Waals surface area contributed by atoms with E-state index in [2.05, 4.69) is 0 Å². The van der Waals surface area contributed by atoms with E-state index in [1.807, 2.05) is 0 Å². The lowest BCUT2D eigenvalue weighted by molar-refractivity contribution is -0.142. The molecule has 142 valence electrons. The molecule has 2 aromatic carbocycles. The van der Waals surface area contributed by atoms with Gasteiger partial charge in [0, 0.05) is 36.8 Å². The Hall–Kier alpha value is -2.57. The summed E-state index contributed by atoms with van der Waals surface area (Å²) >= 11 is 5.84. The van der Waals surface area contributed by atoms with Crippen LogP contribution in [0.5, 0.6) is 5.75 Å². The number of hydrogen-bond acceptors (Lipinski definition) is 4. The van der Waals surface area contributed by atoms with Crippen LogP contribution in [0.4, 0.5) is 0 Å². The minimum Gasteiger partial charge on any atom is -0.497 e. The Bertz CT molecular complexity index is 800. The van der Waals surface area contributed by atoms with Gasteiger partial charge < -0.3 is 19.6 Å². The molecule has 0 spiro atoms. The molecule has 0 bridgehead atoms. The minimum absolute atomic E-state index is 0.0806. The van der Waals surface area contributed by atoms with E-state index in [1.165, 1.54) is 0 Å². The molecule has 2 aromatic rings. The van der Waals surface area contributed by atoms with Crippen LogP contribution in [0.3, 0.4) is 0 Å². The molecule has 2 amide bonds. The lowest BCUT2D eigenvalue weighted by Gasteiger charge is -2.35. The van der Waals surface area contributed by atoms with Crippen molar-refractivity contribution in [1.82, 2.24) is 9.80 Å². The average molecular weight is 389 g/mol. The van der Waals surface area contributed by atoms with Crippen molar-refractivity contribution < 1.29 is 19.4 Å². The predicted molar refractivity (Wildman–Crippen MR) is 102 cm³/mol. The van der Waals surface area contributed by atoms with E-state index in [1.54, 1.807) is 65.4 Å². The number of piperazine rings is 1. The lowest BCUT2D eigenvalue weighted by atomic mass is 10.1. The maximum Gasteiger partial charge on any atom is 0.256 e. The van der Waals surface area contributed by atoms with Crippen LogP contribution < -0.4 is 4.74 Å². The van der Waals surface area contributed by atoms with Gasteiger partial charge in [0.05, 0.1) is 7.11 Å². The van der Waals surface area contributed by atoms with Crippen molar-refractivity contribution >= 4 is 23.4 Å².